The van der Waals surface area contributed by atoms with Gasteiger partial charge in [0.15, 0.2) is 0 Å². The van der Waals surface area contributed by atoms with Crippen LogP contribution >= 0.6 is 0 Å². The van der Waals surface area contributed by atoms with Crippen LogP contribution in [-0.4, -0.2) is 65.6 Å². The molecule has 15 heavy (non-hydrogen) atoms. The van der Waals surface area contributed by atoms with Gasteiger partial charge < -0.3 is 19.7 Å². The van der Waals surface area contributed by atoms with E-state index in [-0.39, 0.29) is 0 Å². The fraction of sp³-hybridized carbons (Fsp3) is 1.00. The van der Waals surface area contributed by atoms with Gasteiger partial charge in [-0.3, -0.25) is 0 Å². The Bertz CT molecular complexity index is 134. The monoisotopic (exact) mass is 218 g/mol. The van der Waals surface area contributed by atoms with Gasteiger partial charge in [0.2, 0.25) is 0 Å². The molecule has 4 heteroatoms. The summed E-state index contributed by atoms with van der Waals surface area (Å²) >= 11 is 0. The van der Waals surface area contributed by atoms with Crippen LogP contribution in [0.2, 0.25) is 0 Å². The first kappa shape index (κ1) is 14.8. The fourth-order valence-electron chi connectivity index (χ4n) is 1.32. The fourth-order valence-corrected chi connectivity index (χ4v) is 1.32. The Balaban J connectivity index is 3.22. The predicted octanol–water partition coefficient (Wildman–Crippen LogP) is 0.437. The molecule has 0 aromatic carbocycles. The van der Waals surface area contributed by atoms with Crippen molar-refractivity contribution in [3.8, 4) is 0 Å². The SMILES string of the molecule is COCCN(C)CCNCC(C)COC. The van der Waals surface area contributed by atoms with Gasteiger partial charge in [-0.2, -0.15) is 0 Å². The molecule has 0 heterocycles. The molecule has 0 spiro atoms. The molecule has 0 saturated carbocycles. The molecular formula is C11H26N2O2. The second-order valence-corrected chi connectivity index (χ2v) is 4.06. The van der Waals surface area contributed by atoms with Crippen LogP contribution in [0, 0.1) is 5.92 Å². The average molecular weight is 218 g/mol. The molecule has 1 N–H and O–H groups in total. The summed E-state index contributed by atoms with van der Waals surface area (Å²) in [5.41, 5.74) is 0. The lowest BCUT2D eigenvalue weighted by atomic mass is 10.2. The lowest BCUT2D eigenvalue weighted by Crippen LogP contribution is -2.33. The maximum Gasteiger partial charge on any atom is 0.0589 e. The topological polar surface area (TPSA) is 33.7 Å². The van der Waals surface area contributed by atoms with E-state index >= 15 is 0 Å². The highest BCUT2D eigenvalue weighted by Gasteiger charge is 2.01. The van der Waals surface area contributed by atoms with E-state index < -0.39 is 0 Å². The van der Waals surface area contributed by atoms with Crippen LogP contribution in [0.1, 0.15) is 6.92 Å². The standard InChI is InChI=1S/C11H26N2O2/c1-11(10-15-4)9-12-5-6-13(2)7-8-14-3/h11-12H,5-10H2,1-4H3. The van der Waals surface area contributed by atoms with Gasteiger partial charge in [0.05, 0.1) is 6.61 Å². The molecule has 92 valence electrons. The zero-order valence-corrected chi connectivity index (χ0v) is 10.6. The summed E-state index contributed by atoms with van der Waals surface area (Å²) < 4.78 is 10.1. The van der Waals surface area contributed by atoms with E-state index in [1.54, 1.807) is 14.2 Å². The number of nitrogens with one attached hydrogen (secondary N) is 1. The van der Waals surface area contributed by atoms with Crippen LogP contribution in [0.15, 0.2) is 0 Å². The normalized spacial score (nSPS) is 13.4. The van der Waals surface area contributed by atoms with Gasteiger partial charge in [-0.1, -0.05) is 6.92 Å². The molecule has 0 saturated heterocycles. The second-order valence-electron chi connectivity index (χ2n) is 4.06. The van der Waals surface area contributed by atoms with Gasteiger partial charge in [0.1, 0.15) is 0 Å². The van der Waals surface area contributed by atoms with Crippen LogP contribution in [0.5, 0.6) is 0 Å². The summed E-state index contributed by atoms with van der Waals surface area (Å²) in [6.07, 6.45) is 0. The van der Waals surface area contributed by atoms with E-state index in [1.165, 1.54) is 0 Å². The third kappa shape index (κ3) is 10.1. The lowest BCUT2D eigenvalue weighted by Gasteiger charge is -2.17. The highest BCUT2D eigenvalue weighted by molar-refractivity contribution is 4.58. The summed E-state index contributed by atoms with van der Waals surface area (Å²) in [5.74, 6) is 0.583. The van der Waals surface area contributed by atoms with Crippen molar-refractivity contribution in [1.82, 2.24) is 10.2 Å². The number of ether oxygens (including phenoxy) is 2. The molecule has 0 rings (SSSR count). The average Bonchev–Trinajstić information content (AvgIpc) is 2.22. The highest BCUT2D eigenvalue weighted by Crippen LogP contribution is 1.91. The van der Waals surface area contributed by atoms with Gasteiger partial charge >= 0.3 is 0 Å². The molecular weight excluding hydrogens is 192 g/mol. The van der Waals surface area contributed by atoms with E-state index in [4.69, 9.17) is 9.47 Å². The van der Waals surface area contributed by atoms with Crippen molar-refractivity contribution in [3.05, 3.63) is 0 Å². The van der Waals surface area contributed by atoms with Crippen LogP contribution in [0.4, 0.5) is 0 Å². The first-order chi connectivity index (χ1) is 7.20. The second kappa shape index (κ2) is 10.4. The minimum atomic E-state index is 0.583. The molecule has 4 nitrogen and oxygen atoms in total. The molecule has 1 atom stereocenters. The number of hydrogen-bond acceptors (Lipinski definition) is 4. The molecule has 0 aliphatic carbocycles. The Labute approximate surface area is 93.9 Å². The number of nitrogens with zero attached hydrogens (tertiary/aromatic N) is 1. The Hall–Kier alpha value is -0.160. The third-order valence-corrected chi connectivity index (χ3v) is 2.29. The van der Waals surface area contributed by atoms with E-state index in [0.29, 0.717) is 5.92 Å². The van der Waals surface area contributed by atoms with Crippen molar-refractivity contribution in [2.75, 3.05) is 60.7 Å². The van der Waals surface area contributed by atoms with Crippen LogP contribution in [0.25, 0.3) is 0 Å². The van der Waals surface area contributed by atoms with Crippen molar-refractivity contribution in [1.29, 1.82) is 0 Å². The smallest absolute Gasteiger partial charge is 0.0589 e. The lowest BCUT2D eigenvalue weighted by molar-refractivity contribution is 0.154. The Morgan fingerprint density at radius 1 is 1.20 bits per heavy atom. The van der Waals surface area contributed by atoms with E-state index in [0.717, 1.165) is 39.4 Å². The molecule has 0 aliphatic heterocycles. The number of likely N-dealkylation sites (N-methyl/N-ethyl adjacent to an activating group) is 1. The summed E-state index contributed by atoms with van der Waals surface area (Å²) in [4.78, 5) is 2.26. The van der Waals surface area contributed by atoms with Crippen LogP contribution in [0.3, 0.4) is 0 Å². The maximum atomic E-state index is 5.07. The van der Waals surface area contributed by atoms with Gasteiger partial charge in [-0.15, -0.1) is 0 Å². The summed E-state index contributed by atoms with van der Waals surface area (Å²) in [5, 5.41) is 3.41. The van der Waals surface area contributed by atoms with Crippen molar-refractivity contribution in [2.24, 2.45) is 5.92 Å². The van der Waals surface area contributed by atoms with Crippen molar-refractivity contribution < 1.29 is 9.47 Å². The van der Waals surface area contributed by atoms with E-state index in [1.807, 2.05) is 0 Å². The summed E-state index contributed by atoms with van der Waals surface area (Å²) in [6, 6.07) is 0. The van der Waals surface area contributed by atoms with Gasteiger partial charge in [0, 0.05) is 40.5 Å². The molecule has 0 amide bonds. The molecule has 0 radical (unpaired) electrons. The zero-order chi connectivity index (χ0) is 11.5. The third-order valence-electron chi connectivity index (χ3n) is 2.29. The predicted molar refractivity (Wildman–Crippen MR) is 63.3 cm³/mol. The molecule has 0 aromatic heterocycles. The molecule has 0 bridgehead atoms. The minimum Gasteiger partial charge on any atom is -0.384 e. The highest BCUT2D eigenvalue weighted by atomic mass is 16.5. The van der Waals surface area contributed by atoms with Crippen molar-refractivity contribution in [2.45, 2.75) is 6.92 Å². The van der Waals surface area contributed by atoms with E-state index in [9.17, 15) is 0 Å². The number of methoxy groups -OCH3 is 2. The molecule has 0 aromatic rings. The Kier molecular flexibility index (Phi) is 10.3. The molecule has 0 aliphatic rings. The largest absolute Gasteiger partial charge is 0.384 e. The molecule has 1 unspecified atom stereocenters. The van der Waals surface area contributed by atoms with Crippen molar-refractivity contribution >= 4 is 0 Å². The maximum absolute atomic E-state index is 5.07. The number of rotatable bonds is 10. The summed E-state index contributed by atoms with van der Waals surface area (Å²) in [7, 11) is 5.59. The summed E-state index contributed by atoms with van der Waals surface area (Å²) in [6.45, 7) is 7.91. The zero-order valence-electron chi connectivity index (χ0n) is 10.6. The Morgan fingerprint density at radius 3 is 2.53 bits per heavy atom. The minimum absolute atomic E-state index is 0.583. The van der Waals surface area contributed by atoms with E-state index in [2.05, 4.69) is 24.2 Å². The van der Waals surface area contributed by atoms with Gasteiger partial charge in [0.25, 0.3) is 0 Å². The van der Waals surface area contributed by atoms with Crippen molar-refractivity contribution in [3.63, 3.8) is 0 Å². The number of hydrogen-bond donors (Lipinski definition) is 1. The first-order valence-corrected chi connectivity index (χ1v) is 5.57. The van der Waals surface area contributed by atoms with Gasteiger partial charge in [-0.05, 0) is 19.5 Å². The Morgan fingerprint density at radius 2 is 1.93 bits per heavy atom. The van der Waals surface area contributed by atoms with Gasteiger partial charge in [-0.25, -0.2) is 0 Å². The van der Waals surface area contributed by atoms with Crippen LogP contribution < -0.4 is 5.32 Å². The first-order valence-electron chi connectivity index (χ1n) is 5.57. The van der Waals surface area contributed by atoms with Crippen LogP contribution in [-0.2, 0) is 9.47 Å². The quantitative estimate of drug-likeness (QED) is 0.539. The molecule has 0 fully saturated rings.